The molecule has 3 aliphatic rings. The van der Waals surface area contributed by atoms with Gasteiger partial charge in [0.25, 0.3) is 0 Å². The van der Waals surface area contributed by atoms with Gasteiger partial charge in [0.15, 0.2) is 0 Å². The van der Waals surface area contributed by atoms with E-state index in [1.165, 1.54) is 21.3 Å². The number of nitrogens with zero attached hydrogens (tertiary/aromatic N) is 4. The SMILES string of the molecule is CC(C)(C)OC(=O)N[C@@H]1CC(=O)N(c2ccc(S(=O)(=O)N3CCN(c4cc(S[C@H]5CC[C@H](C(=O)O)CC5)cc(Cl)n4)CC3)cc2)C1. The molecule has 1 aromatic heterocycles. The number of sulfonamides is 1. The lowest BCUT2D eigenvalue weighted by molar-refractivity contribution is -0.142. The van der Waals surface area contributed by atoms with Gasteiger partial charge in [0.05, 0.1) is 16.9 Å². The van der Waals surface area contributed by atoms with Crippen molar-refractivity contribution in [1.29, 1.82) is 0 Å². The van der Waals surface area contributed by atoms with Crippen LogP contribution in [-0.2, 0) is 24.3 Å². The lowest BCUT2D eigenvalue weighted by Crippen LogP contribution is -2.48. The molecular weight excluding hydrogens is 654 g/mol. The number of amides is 2. The summed E-state index contributed by atoms with van der Waals surface area (Å²) in [6.07, 6.45) is 2.53. The number of halogens is 1. The third kappa shape index (κ3) is 8.44. The highest BCUT2D eigenvalue weighted by Crippen LogP contribution is 2.38. The molecule has 1 aromatic carbocycles. The van der Waals surface area contributed by atoms with Gasteiger partial charge in [-0.3, -0.25) is 9.59 Å². The lowest BCUT2D eigenvalue weighted by Gasteiger charge is -2.35. The highest BCUT2D eigenvalue weighted by Gasteiger charge is 2.34. The molecule has 5 rings (SSSR count). The number of aromatic nitrogens is 1. The maximum Gasteiger partial charge on any atom is 0.407 e. The molecule has 46 heavy (non-hydrogen) atoms. The summed E-state index contributed by atoms with van der Waals surface area (Å²) in [4.78, 5) is 45.2. The second-order valence-corrected chi connectivity index (χ2v) is 16.5. The highest BCUT2D eigenvalue weighted by atomic mass is 35.5. The van der Waals surface area contributed by atoms with Crippen LogP contribution in [0.4, 0.5) is 16.3 Å². The van der Waals surface area contributed by atoms with Gasteiger partial charge in [0.1, 0.15) is 16.6 Å². The van der Waals surface area contributed by atoms with Gasteiger partial charge in [-0.1, -0.05) is 11.6 Å². The van der Waals surface area contributed by atoms with E-state index >= 15 is 0 Å². The van der Waals surface area contributed by atoms with Gasteiger partial charge < -0.3 is 25.0 Å². The van der Waals surface area contributed by atoms with E-state index in [1.54, 1.807) is 44.7 Å². The van der Waals surface area contributed by atoms with Crippen LogP contribution in [0.3, 0.4) is 0 Å². The number of alkyl carbamates (subject to hydrolysis) is 1. The van der Waals surface area contributed by atoms with Crippen LogP contribution in [0, 0.1) is 5.92 Å². The number of aliphatic carboxylic acids is 1. The predicted molar refractivity (Wildman–Crippen MR) is 176 cm³/mol. The first kappa shape index (κ1) is 34.3. The molecule has 1 aliphatic carbocycles. The summed E-state index contributed by atoms with van der Waals surface area (Å²) in [5, 5.41) is 12.7. The molecule has 0 spiro atoms. The van der Waals surface area contributed by atoms with Crippen molar-refractivity contribution in [3.05, 3.63) is 41.6 Å². The Morgan fingerprint density at radius 1 is 1.04 bits per heavy atom. The number of nitrogens with one attached hydrogen (secondary N) is 1. The Morgan fingerprint density at radius 3 is 2.30 bits per heavy atom. The molecule has 15 heteroatoms. The minimum absolute atomic E-state index is 0.124. The van der Waals surface area contributed by atoms with Gasteiger partial charge in [-0.2, -0.15) is 4.31 Å². The fourth-order valence-corrected chi connectivity index (χ4v) is 8.88. The van der Waals surface area contributed by atoms with E-state index in [0.717, 1.165) is 17.7 Å². The second kappa shape index (κ2) is 14.0. The molecule has 2 N–H and O–H groups in total. The maximum absolute atomic E-state index is 13.5. The largest absolute Gasteiger partial charge is 0.481 e. The van der Waals surface area contributed by atoms with E-state index < -0.39 is 33.7 Å². The van der Waals surface area contributed by atoms with Crippen LogP contribution < -0.4 is 15.1 Å². The number of anilines is 2. The molecule has 2 saturated heterocycles. The third-order valence-electron chi connectivity index (χ3n) is 8.27. The quantitative estimate of drug-likeness (QED) is 0.376. The minimum Gasteiger partial charge on any atom is -0.481 e. The number of carbonyl (C=O) groups is 3. The molecule has 3 fully saturated rings. The number of rotatable bonds is 8. The standard InChI is InChI=1S/C31H40ClN5O7S2/c1-31(2,3)44-30(41)33-21-16-28(38)37(19-21)22-6-10-25(11-7-22)46(42,43)36-14-12-35(13-15-36)27-18-24(17-26(32)34-27)45-23-8-4-20(5-9-23)29(39)40/h6-7,10-11,17-18,20-21,23H,4-5,8-9,12-16,19H2,1-3H3,(H,33,41)(H,39,40)/t20-,21-,23-/m1/s1. The number of thioether (sulfide) groups is 1. The molecule has 2 aromatic rings. The fraction of sp³-hybridized carbons (Fsp3) is 0.548. The van der Waals surface area contributed by atoms with Crippen LogP contribution in [0.5, 0.6) is 0 Å². The molecule has 12 nitrogen and oxygen atoms in total. The summed E-state index contributed by atoms with van der Waals surface area (Å²) in [7, 11) is -3.77. The minimum atomic E-state index is -3.77. The smallest absolute Gasteiger partial charge is 0.407 e. The number of hydrogen-bond acceptors (Lipinski definition) is 9. The van der Waals surface area contributed by atoms with Gasteiger partial charge in [-0.15, -0.1) is 11.8 Å². The Kier molecular flexibility index (Phi) is 10.4. The molecule has 2 aliphatic heterocycles. The Hall–Kier alpha value is -3.07. The maximum atomic E-state index is 13.5. The molecule has 0 radical (unpaired) electrons. The Morgan fingerprint density at radius 2 is 1.70 bits per heavy atom. The van der Waals surface area contributed by atoms with Crippen LogP contribution in [0.25, 0.3) is 0 Å². The zero-order valence-corrected chi connectivity index (χ0v) is 28.5. The monoisotopic (exact) mass is 693 g/mol. The van der Waals surface area contributed by atoms with Crippen molar-refractivity contribution < 1.29 is 32.6 Å². The normalized spacial score (nSPS) is 23.0. The van der Waals surface area contributed by atoms with Crippen molar-refractivity contribution >= 4 is 62.9 Å². The van der Waals surface area contributed by atoms with Crippen molar-refractivity contribution in [2.24, 2.45) is 5.92 Å². The van der Waals surface area contributed by atoms with E-state index in [2.05, 4.69) is 10.3 Å². The first-order chi connectivity index (χ1) is 21.7. The molecule has 0 bridgehead atoms. The first-order valence-corrected chi connectivity index (χ1v) is 18.1. The Bertz CT molecular complexity index is 1550. The molecular formula is C31H40ClN5O7S2. The second-order valence-electron chi connectivity index (χ2n) is 12.9. The predicted octanol–water partition coefficient (Wildman–Crippen LogP) is 4.61. The van der Waals surface area contributed by atoms with E-state index in [0.29, 0.717) is 47.8 Å². The number of carboxylic acids is 1. The number of carboxylic acid groups (broad SMARTS) is 1. The number of ether oxygens (including phenoxy) is 1. The van der Waals surface area contributed by atoms with Crippen molar-refractivity contribution in [1.82, 2.24) is 14.6 Å². The summed E-state index contributed by atoms with van der Waals surface area (Å²) in [6, 6.07) is 9.60. The Labute approximate surface area is 278 Å². The molecule has 250 valence electrons. The van der Waals surface area contributed by atoms with E-state index in [-0.39, 0.29) is 42.8 Å². The van der Waals surface area contributed by atoms with Crippen LogP contribution in [-0.4, -0.2) is 90.4 Å². The summed E-state index contributed by atoms with van der Waals surface area (Å²) in [6.45, 7) is 6.96. The molecule has 2 amide bonds. The summed E-state index contributed by atoms with van der Waals surface area (Å²) >= 11 is 8.06. The van der Waals surface area contributed by atoms with E-state index in [1.807, 2.05) is 17.0 Å². The average molecular weight is 694 g/mol. The Balaban J connectivity index is 1.16. The summed E-state index contributed by atoms with van der Waals surface area (Å²) in [5.41, 5.74) is -0.0979. The fourth-order valence-electron chi connectivity index (χ4n) is 5.94. The number of hydrogen-bond donors (Lipinski definition) is 2. The van der Waals surface area contributed by atoms with E-state index in [4.69, 9.17) is 16.3 Å². The van der Waals surface area contributed by atoms with Crippen molar-refractivity contribution in [2.75, 3.05) is 42.5 Å². The highest BCUT2D eigenvalue weighted by molar-refractivity contribution is 8.00. The summed E-state index contributed by atoms with van der Waals surface area (Å²) < 4.78 is 33.7. The van der Waals surface area contributed by atoms with Crippen LogP contribution in [0.15, 0.2) is 46.2 Å². The van der Waals surface area contributed by atoms with Gasteiger partial charge in [0, 0.05) is 55.0 Å². The molecule has 1 saturated carbocycles. The van der Waals surface area contributed by atoms with Crippen molar-refractivity contribution in [2.45, 2.75) is 79.6 Å². The van der Waals surface area contributed by atoms with Crippen LogP contribution >= 0.6 is 23.4 Å². The number of piperazine rings is 1. The van der Waals surface area contributed by atoms with Gasteiger partial charge in [0.2, 0.25) is 15.9 Å². The first-order valence-electron chi connectivity index (χ1n) is 15.4. The number of carbonyl (C=O) groups excluding carboxylic acids is 2. The zero-order chi connectivity index (χ0) is 33.2. The number of pyridine rings is 1. The van der Waals surface area contributed by atoms with E-state index in [9.17, 15) is 27.9 Å². The van der Waals surface area contributed by atoms with Crippen LogP contribution in [0.1, 0.15) is 52.9 Å². The third-order valence-corrected chi connectivity index (χ3v) is 11.7. The van der Waals surface area contributed by atoms with Crippen LogP contribution in [0.2, 0.25) is 5.15 Å². The molecule has 3 heterocycles. The zero-order valence-electron chi connectivity index (χ0n) is 26.1. The molecule has 0 unspecified atom stereocenters. The van der Waals surface area contributed by atoms with Crippen molar-refractivity contribution in [3.8, 4) is 0 Å². The number of benzene rings is 1. The summed E-state index contributed by atoms with van der Waals surface area (Å²) in [5.74, 6) is -0.477. The average Bonchev–Trinajstić information content (AvgIpc) is 3.35. The van der Waals surface area contributed by atoms with Crippen molar-refractivity contribution in [3.63, 3.8) is 0 Å². The molecule has 1 atom stereocenters. The topological polar surface area (TPSA) is 149 Å². The van der Waals surface area contributed by atoms with Gasteiger partial charge in [-0.25, -0.2) is 18.2 Å². The van der Waals surface area contributed by atoms with Gasteiger partial charge in [-0.05, 0) is 82.9 Å². The lowest BCUT2D eigenvalue weighted by atomic mass is 9.89. The van der Waals surface area contributed by atoms with Gasteiger partial charge >= 0.3 is 12.1 Å².